The number of rotatable bonds is 7. The van der Waals surface area contributed by atoms with Gasteiger partial charge in [-0.25, -0.2) is 4.39 Å². The van der Waals surface area contributed by atoms with Crippen LogP contribution in [0.2, 0.25) is 0 Å². The van der Waals surface area contributed by atoms with Crippen molar-refractivity contribution in [3.05, 3.63) is 58.9 Å². The molecule has 0 amide bonds. The van der Waals surface area contributed by atoms with Gasteiger partial charge in [0.15, 0.2) is 5.96 Å². The van der Waals surface area contributed by atoms with Gasteiger partial charge in [-0.2, -0.15) is 0 Å². The SMILES string of the molecule is CN=C(NCc1ccc(F)c(CO)c1)N(C)Cc1ccc(OC)cc1OC.I. The number of nitrogens with one attached hydrogen (secondary N) is 1. The fourth-order valence-corrected chi connectivity index (χ4v) is 2.74. The van der Waals surface area contributed by atoms with Gasteiger partial charge < -0.3 is 24.8 Å². The van der Waals surface area contributed by atoms with Crippen molar-refractivity contribution in [2.75, 3.05) is 28.3 Å². The zero-order chi connectivity index (χ0) is 19.8. The first-order valence-corrected chi connectivity index (χ1v) is 8.53. The van der Waals surface area contributed by atoms with Crippen molar-refractivity contribution < 1.29 is 19.0 Å². The van der Waals surface area contributed by atoms with E-state index in [1.807, 2.05) is 30.1 Å². The van der Waals surface area contributed by atoms with Gasteiger partial charge in [-0.1, -0.05) is 6.07 Å². The molecule has 0 spiro atoms. The first-order valence-electron chi connectivity index (χ1n) is 8.53. The molecule has 0 aliphatic rings. The van der Waals surface area contributed by atoms with Gasteiger partial charge in [-0.15, -0.1) is 24.0 Å². The van der Waals surface area contributed by atoms with Crippen LogP contribution in [0.4, 0.5) is 4.39 Å². The number of ether oxygens (including phenoxy) is 2. The zero-order valence-electron chi connectivity index (χ0n) is 16.5. The quantitative estimate of drug-likeness (QED) is 0.346. The number of aliphatic hydroxyl groups excluding tert-OH is 1. The first kappa shape index (κ1) is 24.0. The lowest BCUT2D eigenvalue weighted by Gasteiger charge is -2.23. The van der Waals surface area contributed by atoms with Crippen LogP contribution in [0.3, 0.4) is 0 Å². The molecule has 0 radical (unpaired) electrons. The van der Waals surface area contributed by atoms with Gasteiger partial charge in [-0.05, 0) is 29.8 Å². The highest BCUT2D eigenvalue weighted by Crippen LogP contribution is 2.25. The van der Waals surface area contributed by atoms with Crippen molar-refractivity contribution in [3.8, 4) is 11.5 Å². The van der Waals surface area contributed by atoms with Crippen molar-refractivity contribution in [1.29, 1.82) is 0 Å². The van der Waals surface area contributed by atoms with Crippen molar-refractivity contribution >= 4 is 29.9 Å². The van der Waals surface area contributed by atoms with Crippen LogP contribution in [0.1, 0.15) is 16.7 Å². The summed E-state index contributed by atoms with van der Waals surface area (Å²) in [5.41, 5.74) is 2.13. The van der Waals surface area contributed by atoms with Gasteiger partial charge >= 0.3 is 0 Å². The third kappa shape index (κ3) is 6.23. The van der Waals surface area contributed by atoms with Gasteiger partial charge in [0.25, 0.3) is 0 Å². The molecule has 0 bridgehead atoms. The van der Waals surface area contributed by atoms with E-state index in [9.17, 15) is 9.50 Å². The molecule has 0 unspecified atom stereocenters. The van der Waals surface area contributed by atoms with E-state index in [1.54, 1.807) is 33.4 Å². The molecule has 2 N–H and O–H groups in total. The molecule has 0 fully saturated rings. The zero-order valence-corrected chi connectivity index (χ0v) is 18.9. The molecule has 0 saturated carbocycles. The molecule has 0 saturated heterocycles. The fraction of sp³-hybridized carbons (Fsp3) is 0.350. The van der Waals surface area contributed by atoms with Crippen LogP contribution in [-0.4, -0.2) is 44.3 Å². The number of hydrogen-bond donors (Lipinski definition) is 2. The van der Waals surface area contributed by atoms with Crippen LogP contribution in [0.25, 0.3) is 0 Å². The van der Waals surface area contributed by atoms with Crippen LogP contribution < -0.4 is 14.8 Å². The number of nitrogens with zero attached hydrogens (tertiary/aromatic N) is 2. The third-order valence-electron chi connectivity index (χ3n) is 4.21. The lowest BCUT2D eigenvalue weighted by molar-refractivity contribution is 0.275. The Hall–Kier alpha value is -2.07. The van der Waals surface area contributed by atoms with Gasteiger partial charge in [0, 0.05) is 44.4 Å². The average molecular weight is 503 g/mol. The lowest BCUT2D eigenvalue weighted by Crippen LogP contribution is -2.38. The van der Waals surface area contributed by atoms with E-state index in [0.717, 1.165) is 22.6 Å². The maximum absolute atomic E-state index is 13.5. The molecule has 0 aromatic heterocycles. The number of guanidine groups is 1. The number of hydrogen-bond acceptors (Lipinski definition) is 4. The smallest absolute Gasteiger partial charge is 0.193 e. The summed E-state index contributed by atoms with van der Waals surface area (Å²) in [4.78, 5) is 6.25. The molecular formula is C20H27FIN3O3. The first-order chi connectivity index (χ1) is 13.0. The normalized spacial score (nSPS) is 10.9. The standard InChI is InChI=1S/C20H26FN3O3.HI/c1-22-20(23-11-14-5-8-18(21)16(9-14)13-25)24(2)12-15-6-7-17(26-3)10-19(15)27-4;/h5-10,25H,11-13H2,1-4H3,(H,22,23);1H. The Balaban J connectivity index is 0.00000392. The minimum absolute atomic E-state index is 0. The summed E-state index contributed by atoms with van der Waals surface area (Å²) in [5.74, 6) is 1.75. The van der Waals surface area contributed by atoms with Crippen LogP contribution in [-0.2, 0) is 19.7 Å². The van der Waals surface area contributed by atoms with Gasteiger partial charge in [0.1, 0.15) is 17.3 Å². The van der Waals surface area contributed by atoms with E-state index >= 15 is 0 Å². The van der Waals surface area contributed by atoms with Crippen molar-refractivity contribution in [2.24, 2.45) is 4.99 Å². The number of methoxy groups -OCH3 is 2. The van der Waals surface area contributed by atoms with E-state index in [1.165, 1.54) is 6.07 Å². The molecule has 154 valence electrons. The van der Waals surface area contributed by atoms with E-state index < -0.39 is 5.82 Å². The highest BCUT2D eigenvalue weighted by Gasteiger charge is 2.12. The topological polar surface area (TPSA) is 66.3 Å². The minimum atomic E-state index is -0.408. The molecule has 0 heterocycles. The van der Waals surface area contributed by atoms with E-state index in [2.05, 4.69) is 10.3 Å². The molecule has 6 nitrogen and oxygen atoms in total. The molecular weight excluding hydrogens is 476 g/mol. The fourth-order valence-electron chi connectivity index (χ4n) is 2.74. The van der Waals surface area contributed by atoms with Crippen molar-refractivity contribution in [2.45, 2.75) is 19.7 Å². The summed E-state index contributed by atoms with van der Waals surface area (Å²) >= 11 is 0. The summed E-state index contributed by atoms with van der Waals surface area (Å²) < 4.78 is 24.2. The highest BCUT2D eigenvalue weighted by atomic mass is 127. The van der Waals surface area contributed by atoms with Crippen LogP contribution in [0.15, 0.2) is 41.4 Å². The predicted molar refractivity (Wildman–Crippen MR) is 119 cm³/mol. The number of halogens is 2. The largest absolute Gasteiger partial charge is 0.497 e. The molecule has 2 aromatic carbocycles. The second-order valence-corrected chi connectivity index (χ2v) is 6.02. The molecule has 28 heavy (non-hydrogen) atoms. The summed E-state index contributed by atoms with van der Waals surface area (Å²) in [5, 5.41) is 12.4. The Labute approximate surface area is 182 Å². The maximum Gasteiger partial charge on any atom is 0.193 e. The minimum Gasteiger partial charge on any atom is -0.497 e. The molecule has 8 heteroatoms. The Bertz CT molecular complexity index is 802. The van der Waals surface area contributed by atoms with Crippen LogP contribution >= 0.6 is 24.0 Å². The third-order valence-corrected chi connectivity index (χ3v) is 4.21. The Kier molecular flexibility index (Phi) is 10.0. The summed E-state index contributed by atoms with van der Waals surface area (Å²) in [6, 6.07) is 10.4. The second-order valence-electron chi connectivity index (χ2n) is 6.02. The van der Waals surface area contributed by atoms with Gasteiger partial charge in [-0.3, -0.25) is 4.99 Å². The summed E-state index contributed by atoms with van der Waals surface area (Å²) in [6.45, 7) is 0.716. The maximum atomic E-state index is 13.5. The Morgan fingerprint density at radius 1 is 1.14 bits per heavy atom. The van der Waals surface area contributed by atoms with Crippen molar-refractivity contribution in [1.82, 2.24) is 10.2 Å². The summed E-state index contributed by atoms with van der Waals surface area (Å²) in [6.07, 6.45) is 0. The Morgan fingerprint density at radius 2 is 1.89 bits per heavy atom. The monoisotopic (exact) mass is 503 g/mol. The van der Waals surface area contributed by atoms with Crippen molar-refractivity contribution in [3.63, 3.8) is 0 Å². The van der Waals surface area contributed by atoms with Gasteiger partial charge in [0.2, 0.25) is 0 Å². The number of benzene rings is 2. The molecule has 0 atom stereocenters. The molecule has 2 rings (SSSR count). The number of aliphatic imine (C=N–C) groups is 1. The van der Waals surface area contributed by atoms with E-state index in [0.29, 0.717) is 19.0 Å². The second kappa shape index (κ2) is 11.7. The molecule has 0 aliphatic carbocycles. The summed E-state index contributed by atoms with van der Waals surface area (Å²) in [7, 11) is 6.86. The Morgan fingerprint density at radius 3 is 2.50 bits per heavy atom. The van der Waals surface area contributed by atoms with Crippen LogP contribution in [0, 0.1) is 5.82 Å². The molecule has 0 aliphatic heterocycles. The highest BCUT2D eigenvalue weighted by molar-refractivity contribution is 14.0. The average Bonchev–Trinajstić information content (AvgIpc) is 2.69. The van der Waals surface area contributed by atoms with Crippen LogP contribution in [0.5, 0.6) is 11.5 Å². The predicted octanol–water partition coefficient (Wildman–Crippen LogP) is 3.16. The number of aliphatic hydroxyl groups is 1. The van der Waals surface area contributed by atoms with E-state index in [4.69, 9.17) is 9.47 Å². The van der Waals surface area contributed by atoms with E-state index in [-0.39, 0.29) is 36.1 Å². The molecule has 2 aromatic rings. The lowest BCUT2D eigenvalue weighted by atomic mass is 10.1. The van der Waals surface area contributed by atoms with Gasteiger partial charge in [0.05, 0.1) is 20.8 Å².